The minimum Gasteiger partial charge on any atom is -0.495 e. The number of nitrogens with zero attached hydrogens (tertiary/aromatic N) is 7. The van der Waals surface area contributed by atoms with E-state index in [1.165, 1.54) is 11.3 Å². The SMILES string of the molecule is COc1ccccc1N1CCN(C(=O)c2csc(CSc3nnc(-c4cccnc4)n3-c3ccccc3)n2)CC1. The molecular formula is C29H27N7O2S2. The molecular weight excluding hydrogens is 543 g/mol. The van der Waals surface area contributed by atoms with Gasteiger partial charge in [-0.25, -0.2) is 4.98 Å². The molecule has 1 aliphatic rings. The number of para-hydroxylation sites is 3. The molecule has 3 aromatic heterocycles. The molecule has 9 nitrogen and oxygen atoms in total. The monoisotopic (exact) mass is 569 g/mol. The summed E-state index contributed by atoms with van der Waals surface area (Å²) in [5.41, 5.74) is 3.40. The first kappa shape index (κ1) is 26.0. The number of amides is 1. The third-order valence-corrected chi connectivity index (χ3v) is 8.63. The molecule has 40 heavy (non-hydrogen) atoms. The predicted molar refractivity (Wildman–Crippen MR) is 157 cm³/mol. The van der Waals surface area contributed by atoms with Crippen LogP contribution in [-0.2, 0) is 5.75 Å². The highest BCUT2D eigenvalue weighted by Gasteiger charge is 2.25. The number of hydrogen-bond acceptors (Lipinski definition) is 9. The van der Waals surface area contributed by atoms with Crippen LogP contribution in [0.2, 0.25) is 0 Å². The van der Waals surface area contributed by atoms with Gasteiger partial charge >= 0.3 is 0 Å². The lowest BCUT2D eigenvalue weighted by atomic mass is 10.2. The van der Waals surface area contributed by atoms with E-state index in [4.69, 9.17) is 4.74 Å². The zero-order valence-corrected chi connectivity index (χ0v) is 23.5. The Labute approximate surface area is 240 Å². The van der Waals surface area contributed by atoms with Gasteiger partial charge in [-0.05, 0) is 36.4 Å². The molecule has 0 N–H and O–H groups in total. The lowest BCUT2D eigenvalue weighted by molar-refractivity contribution is 0.0741. The topological polar surface area (TPSA) is 89.3 Å². The Morgan fingerprint density at radius 1 is 0.975 bits per heavy atom. The van der Waals surface area contributed by atoms with Crippen molar-refractivity contribution >= 4 is 34.7 Å². The fourth-order valence-electron chi connectivity index (χ4n) is 4.66. The lowest BCUT2D eigenvalue weighted by Gasteiger charge is -2.36. The Morgan fingerprint density at radius 3 is 2.55 bits per heavy atom. The molecule has 0 unspecified atom stereocenters. The average molecular weight is 570 g/mol. The molecule has 0 spiro atoms. The van der Waals surface area contributed by atoms with Crippen molar-refractivity contribution in [3.05, 3.63) is 95.2 Å². The van der Waals surface area contributed by atoms with E-state index in [-0.39, 0.29) is 5.91 Å². The van der Waals surface area contributed by atoms with Crippen LogP contribution >= 0.6 is 23.1 Å². The summed E-state index contributed by atoms with van der Waals surface area (Å²) in [4.78, 5) is 26.3. The number of rotatable bonds is 8. The molecule has 6 rings (SSSR count). The number of thioether (sulfide) groups is 1. The summed E-state index contributed by atoms with van der Waals surface area (Å²) >= 11 is 3.04. The maximum Gasteiger partial charge on any atom is 0.273 e. The molecule has 0 aliphatic carbocycles. The second kappa shape index (κ2) is 11.9. The smallest absolute Gasteiger partial charge is 0.273 e. The van der Waals surface area contributed by atoms with Gasteiger partial charge < -0.3 is 14.5 Å². The van der Waals surface area contributed by atoms with Gasteiger partial charge in [-0.3, -0.25) is 14.3 Å². The van der Waals surface area contributed by atoms with Crippen molar-refractivity contribution in [2.45, 2.75) is 10.9 Å². The first-order chi connectivity index (χ1) is 19.7. The van der Waals surface area contributed by atoms with Gasteiger partial charge in [0.2, 0.25) is 0 Å². The molecule has 11 heteroatoms. The van der Waals surface area contributed by atoms with Crippen molar-refractivity contribution < 1.29 is 9.53 Å². The van der Waals surface area contributed by atoms with E-state index in [1.54, 1.807) is 31.3 Å². The number of anilines is 1. The van der Waals surface area contributed by atoms with Crippen LogP contribution in [0, 0.1) is 0 Å². The highest BCUT2D eigenvalue weighted by Crippen LogP contribution is 2.31. The highest BCUT2D eigenvalue weighted by atomic mass is 32.2. The maximum atomic E-state index is 13.2. The summed E-state index contributed by atoms with van der Waals surface area (Å²) in [5, 5.41) is 12.4. The number of hydrogen-bond donors (Lipinski definition) is 0. The minimum absolute atomic E-state index is 0.0292. The first-order valence-electron chi connectivity index (χ1n) is 12.9. The number of ether oxygens (including phenoxy) is 1. The highest BCUT2D eigenvalue weighted by molar-refractivity contribution is 7.98. The zero-order chi connectivity index (χ0) is 27.3. The summed E-state index contributed by atoms with van der Waals surface area (Å²) < 4.78 is 7.54. The number of piperazine rings is 1. The van der Waals surface area contributed by atoms with E-state index in [2.05, 4.69) is 31.1 Å². The number of pyridine rings is 1. The molecule has 0 bridgehead atoms. The number of benzene rings is 2. The van der Waals surface area contributed by atoms with Crippen molar-refractivity contribution in [1.29, 1.82) is 0 Å². The van der Waals surface area contributed by atoms with Gasteiger partial charge in [0.1, 0.15) is 16.5 Å². The van der Waals surface area contributed by atoms with Crippen molar-refractivity contribution in [3.63, 3.8) is 0 Å². The fraction of sp³-hybridized carbons (Fsp3) is 0.207. The maximum absolute atomic E-state index is 13.2. The van der Waals surface area contributed by atoms with Gasteiger partial charge in [0.25, 0.3) is 5.91 Å². The van der Waals surface area contributed by atoms with Gasteiger partial charge in [-0.2, -0.15) is 0 Å². The van der Waals surface area contributed by atoms with Crippen LogP contribution in [0.25, 0.3) is 17.1 Å². The number of carbonyl (C=O) groups is 1. The van der Waals surface area contributed by atoms with Gasteiger partial charge in [0, 0.05) is 55.2 Å². The van der Waals surface area contributed by atoms with E-state index < -0.39 is 0 Å². The number of carbonyl (C=O) groups excluding carboxylic acids is 1. The zero-order valence-electron chi connectivity index (χ0n) is 21.9. The summed E-state index contributed by atoms with van der Waals surface area (Å²) in [6.07, 6.45) is 3.52. The second-order valence-corrected chi connectivity index (χ2v) is 11.0. The van der Waals surface area contributed by atoms with Crippen LogP contribution in [0.15, 0.2) is 89.7 Å². The second-order valence-electron chi connectivity index (χ2n) is 9.09. The summed E-state index contributed by atoms with van der Waals surface area (Å²) in [6, 6.07) is 21.9. The molecule has 1 fully saturated rings. The average Bonchev–Trinajstić information content (AvgIpc) is 3.68. The van der Waals surface area contributed by atoms with Gasteiger partial charge in [0.15, 0.2) is 11.0 Å². The van der Waals surface area contributed by atoms with Gasteiger partial charge in [-0.1, -0.05) is 42.1 Å². The number of thiazole rings is 1. The van der Waals surface area contributed by atoms with Gasteiger partial charge in [-0.15, -0.1) is 21.5 Å². The number of aromatic nitrogens is 5. The third-order valence-electron chi connectivity index (χ3n) is 6.66. The molecule has 1 amide bonds. The predicted octanol–water partition coefficient (Wildman–Crippen LogP) is 5.05. The Balaban J connectivity index is 1.13. The molecule has 0 atom stereocenters. The van der Waals surface area contributed by atoms with Gasteiger partial charge in [0.05, 0.1) is 18.6 Å². The summed E-state index contributed by atoms with van der Waals surface area (Å²) in [7, 11) is 1.68. The third kappa shape index (κ3) is 5.43. The van der Waals surface area contributed by atoms with E-state index in [9.17, 15) is 4.79 Å². The Bertz CT molecular complexity index is 1580. The van der Waals surface area contributed by atoms with Crippen molar-refractivity contribution in [2.24, 2.45) is 0 Å². The van der Waals surface area contributed by atoms with Crippen LogP contribution in [0.1, 0.15) is 15.5 Å². The molecule has 4 heterocycles. The summed E-state index contributed by atoms with van der Waals surface area (Å²) in [5.74, 6) is 2.12. The van der Waals surface area contributed by atoms with Crippen LogP contribution in [0.3, 0.4) is 0 Å². The summed E-state index contributed by atoms with van der Waals surface area (Å²) in [6.45, 7) is 2.76. The van der Waals surface area contributed by atoms with Crippen molar-refractivity contribution in [2.75, 3.05) is 38.2 Å². The van der Waals surface area contributed by atoms with Crippen LogP contribution in [-0.4, -0.2) is 68.8 Å². The largest absolute Gasteiger partial charge is 0.495 e. The minimum atomic E-state index is -0.0292. The number of methoxy groups -OCH3 is 1. The van der Waals surface area contributed by atoms with E-state index >= 15 is 0 Å². The van der Waals surface area contributed by atoms with E-state index in [0.29, 0.717) is 24.5 Å². The van der Waals surface area contributed by atoms with Crippen LogP contribution in [0.5, 0.6) is 5.75 Å². The molecule has 202 valence electrons. The lowest BCUT2D eigenvalue weighted by Crippen LogP contribution is -2.49. The molecule has 1 saturated heterocycles. The first-order valence-corrected chi connectivity index (χ1v) is 14.7. The molecule has 1 aliphatic heterocycles. The molecule has 0 radical (unpaired) electrons. The van der Waals surface area contributed by atoms with Crippen molar-refractivity contribution in [1.82, 2.24) is 29.6 Å². The van der Waals surface area contributed by atoms with E-state index in [0.717, 1.165) is 51.8 Å². The quantitative estimate of drug-likeness (QED) is 0.240. The Morgan fingerprint density at radius 2 is 1.77 bits per heavy atom. The Kier molecular flexibility index (Phi) is 7.73. The van der Waals surface area contributed by atoms with Crippen molar-refractivity contribution in [3.8, 4) is 22.8 Å². The van der Waals surface area contributed by atoms with Crippen LogP contribution < -0.4 is 9.64 Å². The van der Waals surface area contributed by atoms with E-state index in [1.807, 2.05) is 75.5 Å². The molecule has 0 saturated carbocycles. The fourth-order valence-corrected chi connectivity index (χ4v) is 6.40. The van der Waals surface area contributed by atoms with Crippen LogP contribution in [0.4, 0.5) is 5.69 Å². The molecule has 5 aromatic rings. The Hall–Kier alpha value is -4.22. The normalized spacial score (nSPS) is 13.4. The molecule has 2 aromatic carbocycles. The standard InChI is InChI=1S/C29H27N7O2S2/c1-38-25-12-6-5-11-24(25)34-14-16-35(17-15-34)28(37)23-19-39-26(31-23)20-40-29-33-32-27(21-8-7-13-30-18-21)36(29)22-9-3-2-4-10-22/h2-13,18-19H,14-17,20H2,1H3.